The van der Waals surface area contributed by atoms with Gasteiger partial charge in [0.2, 0.25) is 0 Å². The summed E-state index contributed by atoms with van der Waals surface area (Å²) in [6.07, 6.45) is 4.91. The first-order valence-corrected chi connectivity index (χ1v) is 7.62. The number of nitrogens with one attached hydrogen (secondary N) is 1. The molecule has 3 atom stereocenters. The Kier molecular flexibility index (Phi) is 7.59. The highest BCUT2D eigenvalue weighted by Crippen LogP contribution is 2.41. The highest BCUT2D eigenvalue weighted by molar-refractivity contribution is 4.84. The number of hydrazine groups is 1. The van der Waals surface area contributed by atoms with Gasteiger partial charge in [-0.2, -0.15) is 13.2 Å². The maximum absolute atomic E-state index is 12.8. The highest BCUT2D eigenvalue weighted by atomic mass is 19.4. The van der Waals surface area contributed by atoms with Crippen molar-refractivity contribution in [3.05, 3.63) is 12.7 Å². The molecule has 3 unspecified atom stereocenters. The molecule has 20 heavy (non-hydrogen) atoms. The molecule has 1 saturated carbocycles. The van der Waals surface area contributed by atoms with E-state index in [-0.39, 0.29) is 24.8 Å². The Morgan fingerprint density at radius 1 is 1.25 bits per heavy atom. The predicted molar refractivity (Wildman–Crippen MR) is 75.9 cm³/mol. The quantitative estimate of drug-likeness (QED) is 0.302. The van der Waals surface area contributed by atoms with Crippen LogP contribution in [0.2, 0.25) is 0 Å². The Labute approximate surface area is 120 Å². The van der Waals surface area contributed by atoms with Crippen LogP contribution in [0.5, 0.6) is 0 Å². The number of alkyl halides is 3. The van der Waals surface area contributed by atoms with Gasteiger partial charge < -0.3 is 0 Å². The highest BCUT2D eigenvalue weighted by Gasteiger charge is 2.43. The Bertz CT molecular complexity index is 279. The lowest BCUT2D eigenvalue weighted by atomic mass is 9.76. The van der Waals surface area contributed by atoms with Gasteiger partial charge in [0, 0.05) is 6.04 Å². The molecule has 1 aliphatic rings. The molecule has 0 radical (unpaired) electrons. The smallest absolute Gasteiger partial charge is 0.271 e. The van der Waals surface area contributed by atoms with Crippen LogP contribution in [-0.2, 0) is 0 Å². The van der Waals surface area contributed by atoms with E-state index >= 15 is 0 Å². The van der Waals surface area contributed by atoms with Gasteiger partial charge >= 0.3 is 6.18 Å². The summed E-state index contributed by atoms with van der Waals surface area (Å²) in [5.74, 6) is 4.47. The minimum atomic E-state index is -4.05. The lowest BCUT2D eigenvalue weighted by Gasteiger charge is -2.35. The van der Waals surface area contributed by atoms with Gasteiger partial charge in [0.15, 0.2) is 0 Å². The fourth-order valence-corrected chi connectivity index (χ4v) is 3.18. The van der Waals surface area contributed by atoms with Crippen molar-refractivity contribution in [2.45, 2.75) is 70.0 Å². The summed E-state index contributed by atoms with van der Waals surface area (Å²) in [6, 6.07) is 0.0175. The minimum Gasteiger partial charge on any atom is -0.271 e. The van der Waals surface area contributed by atoms with Gasteiger partial charge in [-0.25, -0.2) is 0 Å². The number of hydrogen-bond donors (Lipinski definition) is 2. The second-order valence-corrected chi connectivity index (χ2v) is 5.87. The van der Waals surface area contributed by atoms with E-state index in [1.165, 1.54) is 0 Å². The van der Waals surface area contributed by atoms with Gasteiger partial charge in [0.1, 0.15) is 0 Å². The SMILES string of the molecule is C=CCCCCCC(NN)C1CCCC(C(F)(F)F)C1. The molecule has 3 N–H and O–H groups in total. The van der Waals surface area contributed by atoms with Gasteiger partial charge in [0.25, 0.3) is 0 Å². The summed E-state index contributed by atoms with van der Waals surface area (Å²) in [5, 5.41) is 0. The topological polar surface area (TPSA) is 38.0 Å². The molecule has 5 heteroatoms. The minimum absolute atomic E-state index is 0.0175. The lowest BCUT2D eigenvalue weighted by Crippen LogP contribution is -2.44. The van der Waals surface area contributed by atoms with Crippen molar-refractivity contribution in [3.63, 3.8) is 0 Å². The van der Waals surface area contributed by atoms with Crippen LogP contribution in [0.4, 0.5) is 13.2 Å². The monoisotopic (exact) mass is 292 g/mol. The van der Waals surface area contributed by atoms with Gasteiger partial charge in [0.05, 0.1) is 5.92 Å². The van der Waals surface area contributed by atoms with E-state index in [9.17, 15) is 13.2 Å². The first-order chi connectivity index (χ1) is 9.49. The molecule has 0 aromatic heterocycles. The van der Waals surface area contributed by atoms with Crippen LogP contribution in [0.25, 0.3) is 0 Å². The van der Waals surface area contributed by atoms with E-state index in [0.717, 1.165) is 38.5 Å². The van der Waals surface area contributed by atoms with Crippen LogP contribution in [0.15, 0.2) is 12.7 Å². The van der Waals surface area contributed by atoms with E-state index in [0.29, 0.717) is 6.42 Å². The van der Waals surface area contributed by atoms with Gasteiger partial charge in [-0.05, 0) is 44.4 Å². The largest absolute Gasteiger partial charge is 0.391 e. The van der Waals surface area contributed by atoms with E-state index < -0.39 is 12.1 Å². The van der Waals surface area contributed by atoms with Gasteiger partial charge in [-0.1, -0.05) is 25.3 Å². The van der Waals surface area contributed by atoms with Crippen molar-refractivity contribution < 1.29 is 13.2 Å². The molecule has 0 saturated heterocycles. The molecule has 0 heterocycles. The molecular weight excluding hydrogens is 265 g/mol. The van der Waals surface area contributed by atoms with E-state index in [4.69, 9.17) is 5.84 Å². The zero-order valence-corrected chi connectivity index (χ0v) is 12.1. The molecule has 0 aromatic carbocycles. The normalized spacial score (nSPS) is 25.4. The summed E-state index contributed by atoms with van der Waals surface area (Å²) >= 11 is 0. The molecule has 1 aliphatic carbocycles. The molecule has 0 aromatic rings. The summed E-state index contributed by atoms with van der Waals surface area (Å²) in [5.41, 5.74) is 2.75. The fraction of sp³-hybridized carbons (Fsp3) is 0.867. The Morgan fingerprint density at radius 3 is 2.60 bits per heavy atom. The first kappa shape index (κ1) is 17.5. The van der Waals surface area contributed by atoms with Crippen molar-refractivity contribution in [1.82, 2.24) is 5.43 Å². The van der Waals surface area contributed by atoms with Crippen molar-refractivity contribution in [1.29, 1.82) is 0 Å². The molecule has 118 valence electrons. The standard InChI is InChI=1S/C15H27F3N2/c1-2-3-4-5-6-10-14(20-19)12-8-7-9-13(11-12)15(16,17)18/h2,12-14,20H,1,3-11,19H2. The second-order valence-electron chi connectivity index (χ2n) is 5.87. The molecular formula is C15H27F3N2. The van der Waals surface area contributed by atoms with Crippen LogP contribution in [0.3, 0.4) is 0 Å². The maximum atomic E-state index is 12.8. The third kappa shape index (κ3) is 5.83. The Balaban J connectivity index is 2.38. The van der Waals surface area contributed by atoms with E-state index in [1.54, 1.807) is 0 Å². The lowest BCUT2D eigenvalue weighted by molar-refractivity contribution is -0.186. The van der Waals surface area contributed by atoms with E-state index in [1.807, 2.05) is 6.08 Å². The summed E-state index contributed by atoms with van der Waals surface area (Å²) in [4.78, 5) is 0. The molecule has 0 spiro atoms. The van der Waals surface area contributed by atoms with Crippen molar-refractivity contribution >= 4 is 0 Å². The molecule has 1 rings (SSSR count). The molecule has 2 nitrogen and oxygen atoms in total. The van der Waals surface area contributed by atoms with Crippen molar-refractivity contribution in [3.8, 4) is 0 Å². The summed E-state index contributed by atoms with van der Waals surface area (Å²) < 4.78 is 38.4. The summed E-state index contributed by atoms with van der Waals surface area (Å²) in [7, 11) is 0. The van der Waals surface area contributed by atoms with Crippen LogP contribution < -0.4 is 11.3 Å². The van der Waals surface area contributed by atoms with Crippen molar-refractivity contribution in [2.24, 2.45) is 17.7 Å². The number of halogens is 3. The first-order valence-electron chi connectivity index (χ1n) is 7.62. The van der Waals surface area contributed by atoms with Crippen LogP contribution >= 0.6 is 0 Å². The third-order valence-electron chi connectivity index (χ3n) is 4.38. The third-order valence-corrected chi connectivity index (χ3v) is 4.38. The number of hydrogen-bond acceptors (Lipinski definition) is 2. The van der Waals surface area contributed by atoms with Gasteiger partial charge in [-0.3, -0.25) is 11.3 Å². The molecule has 0 aliphatic heterocycles. The van der Waals surface area contributed by atoms with Crippen LogP contribution in [0, 0.1) is 11.8 Å². The number of allylic oxidation sites excluding steroid dienone is 1. The number of nitrogens with two attached hydrogens (primary N) is 1. The van der Waals surface area contributed by atoms with Crippen LogP contribution in [-0.4, -0.2) is 12.2 Å². The molecule has 0 amide bonds. The maximum Gasteiger partial charge on any atom is 0.391 e. The zero-order chi connectivity index (χ0) is 15.0. The fourth-order valence-electron chi connectivity index (χ4n) is 3.18. The Hall–Kier alpha value is -0.550. The zero-order valence-electron chi connectivity index (χ0n) is 12.1. The van der Waals surface area contributed by atoms with Gasteiger partial charge in [-0.15, -0.1) is 6.58 Å². The molecule has 1 fully saturated rings. The molecule has 0 bridgehead atoms. The Morgan fingerprint density at radius 2 is 2.00 bits per heavy atom. The van der Waals surface area contributed by atoms with E-state index in [2.05, 4.69) is 12.0 Å². The number of unbranched alkanes of at least 4 members (excludes halogenated alkanes) is 3. The van der Waals surface area contributed by atoms with Crippen molar-refractivity contribution in [2.75, 3.05) is 0 Å². The average molecular weight is 292 g/mol. The summed E-state index contributed by atoms with van der Waals surface area (Å²) in [6.45, 7) is 3.68. The predicted octanol–water partition coefficient (Wildman–Crippen LogP) is 4.32. The average Bonchev–Trinajstić information content (AvgIpc) is 2.42. The second kappa shape index (κ2) is 8.67. The number of rotatable bonds is 8. The van der Waals surface area contributed by atoms with Crippen LogP contribution in [0.1, 0.15) is 57.8 Å².